The molecule has 0 N–H and O–H groups in total. The lowest BCUT2D eigenvalue weighted by Gasteiger charge is -2.34. The molecule has 0 spiro atoms. The fraction of sp³-hybridized carbons (Fsp3) is 0.526. The lowest BCUT2D eigenvalue weighted by molar-refractivity contribution is -0.143. The molecular weight excluding hydrogens is 359 g/mol. The van der Waals surface area contributed by atoms with Crippen molar-refractivity contribution < 1.29 is 22.7 Å². The zero-order valence-corrected chi connectivity index (χ0v) is 14.7. The standard InChI is InChI=1S/C19H20F3N3O2/c1-2-3-9-18(23-24-18)10-8-17(26)25-11-12-27-16(13-25)14-6-4-5-7-15(14)19(20,21)22/h1,4-7,16H,3,8-13H2. The Balaban J connectivity index is 1.62. The van der Waals surface area contributed by atoms with E-state index in [1.165, 1.54) is 12.1 Å². The highest BCUT2D eigenvalue weighted by Gasteiger charge is 2.40. The Labute approximate surface area is 155 Å². The summed E-state index contributed by atoms with van der Waals surface area (Å²) in [7, 11) is 0. The van der Waals surface area contributed by atoms with Crippen LogP contribution in [0.5, 0.6) is 0 Å². The van der Waals surface area contributed by atoms with E-state index in [-0.39, 0.29) is 31.0 Å². The zero-order chi connectivity index (χ0) is 19.5. The lowest BCUT2D eigenvalue weighted by Crippen LogP contribution is -2.42. The zero-order valence-electron chi connectivity index (χ0n) is 14.7. The van der Waals surface area contributed by atoms with Crippen molar-refractivity contribution in [1.82, 2.24) is 4.90 Å². The molecular formula is C19H20F3N3O2. The average molecular weight is 379 g/mol. The second kappa shape index (κ2) is 7.69. The molecule has 1 atom stereocenters. The number of amides is 1. The van der Waals surface area contributed by atoms with Crippen LogP contribution in [-0.2, 0) is 15.7 Å². The number of morpholine rings is 1. The third-order valence-electron chi connectivity index (χ3n) is 4.82. The van der Waals surface area contributed by atoms with Crippen LogP contribution in [0.4, 0.5) is 13.2 Å². The van der Waals surface area contributed by atoms with Gasteiger partial charge in [-0.3, -0.25) is 4.79 Å². The van der Waals surface area contributed by atoms with Gasteiger partial charge in [-0.1, -0.05) is 18.2 Å². The molecule has 0 saturated carbocycles. The molecule has 5 nitrogen and oxygen atoms in total. The summed E-state index contributed by atoms with van der Waals surface area (Å²) < 4.78 is 45.3. The van der Waals surface area contributed by atoms with Crippen LogP contribution in [0.15, 0.2) is 34.5 Å². The summed E-state index contributed by atoms with van der Waals surface area (Å²) in [5.74, 6) is 2.40. The van der Waals surface area contributed by atoms with E-state index in [4.69, 9.17) is 11.2 Å². The summed E-state index contributed by atoms with van der Waals surface area (Å²) in [4.78, 5) is 14.1. The van der Waals surface area contributed by atoms with Crippen molar-refractivity contribution in [2.45, 2.75) is 43.6 Å². The number of carbonyl (C=O) groups excluding carboxylic acids is 1. The van der Waals surface area contributed by atoms with Crippen LogP contribution in [0.1, 0.15) is 42.9 Å². The number of carbonyl (C=O) groups is 1. The van der Waals surface area contributed by atoms with Crippen LogP contribution >= 0.6 is 0 Å². The first-order valence-electron chi connectivity index (χ1n) is 8.78. The van der Waals surface area contributed by atoms with Crippen molar-refractivity contribution in [2.75, 3.05) is 19.7 Å². The predicted octanol–water partition coefficient (Wildman–Crippen LogP) is 3.96. The van der Waals surface area contributed by atoms with Gasteiger partial charge in [-0.15, -0.1) is 12.3 Å². The van der Waals surface area contributed by atoms with Crippen LogP contribution in [0.25, 0.3) is 0 Å². The molecule has 0 radical (unpaired) electrons. The summed E-state index contributed by atoms with van der Waals surface area (Å²) in [6.45, 7) is 0.645. The monoisotopic (exact) mass is 379 g/mol. The van der Waals surface area contributed by atoms with E-state index in [2.05, 4.69) is 16.1 Å². The Hall–Kier alpha value is -2.40. The van der Waals surface area contributed by atoms with Crippen molar-refractivity contribution in [1.29, 1.82) is 0 Å². The fourth-order valence-electron chi connectivity index (χ4n) is 3.23. The molecule has 1 aromatic carbocycles. The van der Waals surface area contributed by atoms with E-state index in [9.17, 15) is 18.0 Å². The van der Waals surface area contributed by atoms with Crippen molar-refractivity contribution in [3.8, 4) is 12.3 Å². The first-order chi connectivity index (χ1) is 12.8. The van der Waals surface area contributed by atoms with Crippen LogP contribution in [0.3, 0.4) is 0 Å². The largest absolute Gasteiger partial charge is 0.416 e. The minimum atomic E-state index is -4.47. The molecule has 144 valence electrons. The molecule has 2 heterocycles. The Morgan fingerprint density at radius 1 is 1.33 bits per heavy atom. The van der Waals surface area contributed by atoms with Gasteiger partial charge < -0.3 is 9.64 Å². The number of halogens is 3. The number of ether oxygens (including phenoxy) is 1. The second-order valence-electron chi connectivity index (χ2n) is 6.67. The average Bonchev–Trinajstić information content (AvgIpc) is 3.44. The van der Waals surface area contributed by atoms with Gasteiger partial charge in [-0.25, -0.2) is 0 Å². The Morgan fingerprint density at radius 3 is 2.74 bits per heavy atom. The van der Waals surface area contributed by atoms with Gasteiger partial charge in [0.2, 0.25) is 5.91 Å². The van der Waals surface area contributed by atoms with Gasteiger partial charge in [-0.05, 0) is 11.6 Å². The molecule has 2 aliphatic heterocycles. The topological polar surface area (TPSA) is 54.3 Å². The highest BCUT2D eigenvalue weighted by atomic mass is 19.4. The van der Waals surface area contributed by atoms with Gasteiger partial charge in [-0.2, -0.15) is 23.4 Å². The molecule has 1 unspecified atom stereocenters. The molecule has 8 heteroatoms. The quantitative estimate of drug-likeness (QED) is 0.703. The first kappa shape index (κ1) is 19.4. The van der Waals surface area contributed by atoms with Gasteiger partial charge in [0, 0.05) is 32.2 Å². The van der Waals surface area contributed by atoms with Gasteiger partial charge >= 0.3 is 6.18 Å². The number of hydrogen-bond donors (Lipinski definition) is 0. The van der Waals surface area contributed by atoms with Crippen molar-refractivity contribution >= 4 is 5.91 Å². The summed E-state index contributed by atoms with van der Waals surface area (Å²) >= 11 is 0. The summed E-state index contributed by atoms with van der Waals surface area (Å²) in [6, 6.07) is 5.32. The molecule has 0 bridgehead atoms. The van der Waals surface area contributed by atoms with Gasteiger partial charge in [0.15, 0.2) is 5.66 Å². The Kier molecular flexibility index (Phi) is 5.51. The van der Waals surface area contributed by atoms with Gasteiger partial charge in [0.1, 0.15) is 6.10 Å². The van der Waals surface area contributed by atoms with Gasteiger partial charge in [0.05, 0.1) is 18.7 Å². The molecule has 1 saturated heterocycles. The molecule has 27 heavy (non-hydrogen) atoms. The number of alkyl halides is 3. The maximum atomic E-state index is 13.2. The van der Waals surface area contributed by atoms with Crippen molar-refractivity contribution in [3.05, 3.63) is 35.4 Å². The molecule has 1 amide bonds. The van der Waals surface area contributed by atoms with Crippen LogP contribution < -0.4 is 0 Å². The van der Waals surface area contributed by atoms with Crippen molar-refractivity contribution in [3.63, 3.8) is 0 Å². The van der Waals surface area contributed by atoms with Crippen LogP contribution in [-0.4, -0.2) is 36.2 Å². The second-order valence-corrected chi connectivity index (χ2v) is 6.67. The van der Waals surface area contributed by atoms with E-state index >= 15 is 0 Å². The van der Waals surface area contributed by atoms with E-state index in [0.29, 0.717) is 25.8 Å². The number of benzene rings is 1. The lowest BCUT2D eigenvalue weighted by atomic mass is 9.99. The maximum absolute atomic E-state index is 13.2. The smallest absolute Gasteiger partial charge is 0.370 e. The summed E-state index contributed by atoms with van der Waals surface area (Å²) in [5, 5.41) is 8.00. The number of rotatable bonds is 6. The van der Waals surface area contributed by atoms with Crippen molar-refractivity contribution in [2.24, 2.45) is 10.2 Å². The third-order valence-corrected chi connectivity index (χ3v) is 4.82. The molecule has 0 aliphatic carbocycles. The number of hydrogen-bond acceptors (Lipinski definition) is 4. The minimum absolute atomic E-state index is 0.0557. The Bertz CT molecular complexity index is 764. The van der Waals surface area contributed by atoms with E-state index in [1.54, 1.807) is 11.0 Å². The Morgan fingerprint density at radius 2 is 2.07 bits per heavy atom. The number of terminal acetylenes is 1. The molecule has 3 rings (SSSR count). The molecule has 2 aliphatic rings. The van der Waals surface area contributed by atoms with Gasteiger partial charge in [0.25, 0.3) is 0 Å². The van der Waals surface area contributed by atoms with E-state index in [1.807, 2.05) is 0 Å². The van der Waals surface area contributed by atoms with E-state index < -0.39 is 23.5 Å². The summed E-state index contributed by atoms with van der Waals surface area (Å²) in [6.07, 6.45) is 1.82. The summed E-state index contributed by atoms with van der Waals surface area (Å²) in [5.41, 5.74) is -1.22. The first-order valence-corrected chi connectivity index (χ1v) is 8.78. The highest BCUT2D eigenvalue weighted by molar-refractivity contribution is 5.76. The maximum Gasteiger partial charge on any atom is 0.416 e. The molecule has 1 fully saturated rings. The van der Waals surface area contributed by atoms with E-state index in [0.717, 1.165) is 6.07 Å². The minimum Gasteiger partial charge on any atom is -0.370 e. The molecule has 0 aromatic heterocycles. The predicted molar refractivity (Wildman–Crippen MR) is 91.6 cm³/mol. The SMILES string of the molecule is C#CCCC1(CCC(=O)N2CCOC(c3ccccc3C(F)(F)F)C2)N=N1. The van der Waals surface area contributed by atoms with Crippen LogP contribution in [0, 0.1) is 12.3 Å². The third kappa shape index (κ3) is 4.66. The number of nitrogens with zero attached hydrogens (tertiary/aromatic N) is 3. The molecule has 1 aromatic rings. The fourth-order valence-corrected chi connectivity index (χ4v) is 3.23. The highest BCUT2D eigenvalue weighted by Crippen LogP contribution is 2.39. The van der Waals surface area contributed by atoms with Crippen LogP contribution in [0.2, 0.25) is 0 Å². The normalized spacial score (nSPS) is 21.0.